The molecule has 15 heavy (non-hydrogen) atoms. The van der Waals surface area contributed by atoms with Crippen molar-refractivity contribution >= 4 is 0 Å². The fourth-order valence-corrected chi connectivity index (χ4v) is 1.52. The van der Waals surface area contributed by atoms with Crippen LogP contribution in [-0.2, 0) is 13.1 Å². The van der Waals surface area contributed by atoms with Crippen LogP contribution in [0.5, 0.6) is 0 Å². The minimum absolute atomic E-state index is 0.483. The first-order valence-electron chi connectivity index (χ1n) is 5.46. The minimum atomic E-state index is 0.483. The molecule has 1 aromatic heterocycles. The van der Waals surface area contributed by atoms with Crippen LogP contribution >= 0.6 is 0 Å². The fourth-order valence-electron chi connectivity index (χ4n) is 1.52. The van der Waals surface area contributed by atoms with Gasteiger partial charge in [-0.1, -0.05) is 0 Å². The van der Waals surface area contributed by atoms with Gasteiger partial charge in [-0.3, -0.25) is 4.90 Å². The molecule has 1 unspecified atom stereocenters. The van der Waals surface area contributed by atoms with Crippen LogP contribution in [0, 0.1) is 0 Å². The molecule has 1 atom stereocenters. The van der Waals surface area contributed by atoms with Gasteiger partial charge in [0.25, 0.3) is 0 Å². The summed E-state index contributed by atoms with van der Waals surface area (Å²) in [5.74, 6) is 1.02. The first-order valence-corrected chi connectivity index (χ1v) is 5.46. The molecule has 2 N–H and O–H groups in total. The molecule has 5 nitrogen and oxygen atoms in total. The highest BCUT2D eigenvalue weighted by atomic mass is 15.3. The molecule has 0 radical (unpaired) electrons. The van der Waals surface area contributed by atoms with Gasteiger partial charge in [-0.25, -0.2) is 9.67 Å². The lowest BCUT2D eigenvalue weighted by atomic mass is 10.2. The molecule has 0 aliphatic heterocycles. The van der Waals surface area contributed by atoms with Crippen molar-refractivity contribution in [3.8, 4) is 0 Å². The zero-order valence-corrected chi connectivity index (χ0v) is 9.85. The summed E-state index contributed by atoms with van der Waals surface area (Å²) in [7, 11) is 2.09. The second-order valence-corrected chi connectivity index (χ2v) is 3.83. The Morgan fingerprint density at radius 2 is 2.33 bits per heavy atom. The van der Waals surface area contributed by atoms with Crippen molar-refractivity contribution in [1.29, 1.82) is 0 Å². The van der Waals surface area contributed by atoms with Crippen LogP contribution in [0.4, 0.5) is 0 Å². The predicted octanol–water partition coefficient (Wildman–Crippen LogP) is 0.467. The van der Waals surface area contributed by atoms with Crippen molar-refractivity contribution in [3.05, 3.63) is 12.2 Å². The highest BCUT2D eigenvalue weighted by Crippen LogP contribution is 2.05. The lowest BCUT2D eigenvalue weighted by molar-refractivity contribution is 0.230. The lowest BCUT2D eigenvalue weighted by Gasteiger charge is -2.23. The Labute approximate surface area is 91.3 Å². The smallest absolute Gasteiger partial charge is 0.140 e. The highest BCUT2D eigenvalue weighted by molar-refractivity contribution is 4.84. The second-order valence-electron chi connectivity index (χ2n) is 3.83. The molecule has 1 heterocycles. The Hall–Kier alpha value is -0.940. The third kappa shape index (κ3) is 3.28. The number of hydrogen-bond acceptors (Lipinski definition) is 4. The molecule has 0 aliphatic rings. The van der Waals surface area contributed by atoms with Crippen LogP contribution in [0.15, 0.2) is 6.33 Å². The van der Waals surface area contributed by atoms with E-state index in [9.17, 15) is 0 Å². The van der Waals surface area contributed by atoms with E-state index in [1.54, 1.807) is 6.33 Å². The summed E-state index contributed by atoms with van der Waals surface area (Å²) < 4.78 is 1.92. The number of nitrogens with two attached hydrogens (primary N) is 1. The normalized spacial score (nSPS) is 13.4. The van der Waals surface area contributed by atoms with Crippen LogP contribution in [0.3, 0.4) is 0 Å². The molecule has 5 heteroatoms. The molecule has 0 aromatic carbocycles. The number of aryl methyl sites for hydroxylation is 1. The maximum atomic E-state index is 5.54. The van der Waals surface area contributed by atoms with Gasteiger partial charge in [0.05, 0.1) is 6.54 Å². The topological polar surface area (TPSA) is 60.0 Å². The Bertz CT molecular complexity index is 283. The highest BCUT2D eigenvalue weighted by Gasteiger charge is 2.11. The van der Waals surface area contributed by atoms with Crippen LogP contribution in [0.1, 0.15) is 26.1 Å². The summed E-state index contributed by atoms with van der Waals surface area (Å²) in [6.07, 6.45) is 2.62. The number of rotatable bonds is 6. The Morgan fingerprint density at radius 3 is 2.93 bits per heavy atom. The molecule has 0 fully saturated rings. The van der Waals surface area contributed by atoms with Gasteiger partial charge in [0.15, 0.2) is 0 Å². The van der Waals surface area contributed by atoms with Crippen LogP contribution in [0.2, 0.25) is 0 Å². The zero-order chi connectivity index (χ0) is 11.3. The Balaban J connectivity index is 2.53. The van der Waals surface area contributed by atoms with Crippen molar-refractivity contribution in [3.63, 3.8) is 0 Å². The predicted molar refractivity (Wildman–Crippen MR) is 60.3 cm³/mol. The number of nitrogens with zero attached hydrogens (tertiary/aromatic N) is 4. The fraction of sp³-hybridized carbons (Fsp3) is 0.800. The summed E-state index contributed by atoms with van der Waals surface area (Å²) in [6.45, 7) is 6.68. The van der Waals surface area contributed by atoms with E-state index < -0.39 is 0 Å². The van der Waals surface area contributed by atoms with E-state index >= 15 is 0 Å². The molecule has 0 saturated carbocycles. The molecule has 1 rings (SSSR count). The average Bonchev–Trinajstić information content (AvgIpc) is 2.65. The van der Waals surface area contributed by atoms with E-state index in [2.05, 4.69) is 35.9 Å². The van der Waals surface area contributed by atoms with E-state index in [0.717, 1.165) is 31.9 Å². The monoisotopic (exact) mass is 211 g/mol. The molecule has 1 aromatic rings. The van der Waals surface area contributed by atoms with Gasteiger partial charge in [0.2, 0.25) is 0 Å². The quantitative estimate of drug-likeness (QED) is 0.743. The SMILES string of the molecule is CCn1ncnc1CN(C)C(C)CCN. The lowest BCUT2D eigenvalue weighted by Crippen LogP contribution is -2.31. The number of aromatic nitrogens is 3. The molecule has 0 saturated heterocycles. The average molecular weight is 211 g/mol. The van der Waals surface area contributed by atoms with E-state index in [-0.39, 0.29) is 0 Å². The second kappa shape index (κ2) is 5.82. The summed E-state index contributed by atoms with van der Waals surface area (Å²) >= 11 is 0. The first kappa shape index (κ1) is 12.1. The molecule has 0 bridgehead atoms. The van der Waals surface area contributed by atoms with Gasteiger partial charge < -0.3 is 5.73 Å². The maximum absolute atomic E-state index is 5.54. The largest absolute Gasteiger partial charge is 0.330 e. The van der Waals surface area contributed by atoms with Crippen molar-refractivity contribution < 1.29 is 0 Å². The number of hydrogen-bond donors (Lipinski definition) is 1. The van der Waals surface area contributed by atoms with Gasteiger partial charge in [0, 0.05) is 12.6 Å². The Kier molecular flexibility index (Phi) is 4.71. The van der Waals surface area contributed by atoms with Crippen LogP contribution in [0.25, 0.3) is 0 Å². The van der Waals surface area contributed by atoms with E-state index in [4.69, 9.17) is 5.73 Å². The van der Waals surface area contributed by atoms with Crippen molar-refractivity contribution in [2.75, 3.05) is 13.6 Å². The van der Waals surface area contributed by atoms with Crippen molar-refractivity contribution in [1.82, 2.24) is 19.7 Å². The molecule has 0 amide bonds. The van der Waals surface area contributed by atoms with Crippen LogP contribution < -0.4 is 5.73 Å². The standard InChI is InChI=1S/C10H21N5/c1-4-15-10(12-8-13-15)7-14(3)9(2)5-6-11/h8-9H,4-7,11H2,1-3H3. The van der Waals surface area contributed by atoms with Crippen molar-refractivity contribution in [2.24, 2.45) is 5.73 Å². The minimum Gasteiger partial charge on any atom is -0.330 e. The molecule has 0 aliphatic carbocycles. The summed E-state index contributed by atoms with van der Waals surface area (Å²) in [5, 5.41) is 4.15. The van der Waals surface area contributed by atoms with Gasteiger partial charge in [0.1, 0.15) is 12.2 Å². The third-order valence-corrected chi connectivity index (χ3v) is 2.72. The van der Waals surface area contributed by atoms with Gasteiger partial charge in [-0.15, -0.1) is 0 Å². The van der Waals surface area contributed by atoms with Crippen molar-refractivity contribution in [2.45, 2.75) is 39.4 Å². The van der Waals surface area contributed by atoms with Gasteiger partial charge in [-0.2, -0.15) is 5.10 Å². The third-order valence-electron chi connectivity index (χ3n) is 2.72. The molecule has 0 spiro atoms. The molecule has 86 valence electrons. The van der Waals surface area contributed by atoms with Gasteiger partial charge >= 0.3 is 0 Å². The molecular weight excluding hydrogens is 190 g/mol. The molecular formula is C10H21N5. The summed E-state index contributed by atoms with van der Waals surface area (Å²) in [4.78, 5) is 6.50. The van der Waals surface area contributed by atoms with E-state index in [1.165, 1.54) is 0 Å². The maximum Gasteiger partial charge on any atom is 0.140 e. The summed E-state index contributed by atoms with van der Waals surface area (Å²) in [6, 6.07) is 0.483. The van der Waals surface area contributed by atoms with E-state index in [0.29, 0.717) is 6.04 Å². The summed E-state index contributed by atoms with van der Waals surface area (Å²) in [5.41, 5.74) is 5.54. The first-order chi connectivity index (χ1) is 7.19. The van der Waals surface area contributed by atoms with E-state index in [1.807, 2.05) is 4.68 Å². The van der Waals surface area contributed by atoms with Gasteiger partial charge in [-0.05, 0) is 33.9 Å². The zero-order valence-electron chi connectivity index (χ0n) is 9.85. The van der Waals surface area contributed by atoms with Crippen LogP contribution in [-0.4, -0.2) is 39.3 Å². The Morgan fingerprint density at radius 1 is 1.60 bits per heavy atom.